The van der Waals surface area contributed by atoms with E-state index in [-0.39, 0.29) is 12.2 Å². The molecule has 1 aliphatic rings. The molecule has 1 aromatic rings. The number of hydrogen-bond acceptors (Lipinski definition) is 2. The van der Waals surface area contributed by atoms with Crippen molar-refractivity contribution in [2.45, 2.75) is 38.4 Å². The maximum Gasteiger partial charge on any atom is 0.0849 e. The molecule has 2 unspecified atom stereocenters. The summed E-state index contributed by atoms with van der Waals surface area (Å²) in [5.41, 5.74) is 2.53. The van der Waals surface area contributed by atoms with Gasteiger partial charge in [0.05, 0.1) is 12.2 Å². The smallest absolute Gasteiger partial charge is 0.0849 e. The summed E-state index contributed by atoms with van der Waals surface area (Å²) in [6.45, 7) is 2.82. The zero-order valence-electron chi connectivity index (χ0n) is 9.15. The van der Waals surface area contributed by atoms with Crippen LogP contribution in [0.2, 0.25) is 0 Å². The molecule has 0 spiro atoms. The van der Waals surface area contributed by atoms with Crippen molar-refractivity contribution in [2.75, 3.05) is 6.61 Å². The van der Waals surface area contributed by atoms with E-state index in [0.717, 1.165) is 19.3 Å². The Labute approximate surface area is 90.9 Å². The fraction of sp³-hybridized carbons (Fsp3) is 0.538. The van der Waals surface area contributed by atoms with E-state index >= 15 is 0 Å². The minimum Gasteiger partial charge on any atom is -0.393 e. The van der Waals surface area contributed by atoms with Crippen LogP contribution in [0.25, 0.3) is 0 Å². The molecule has 2 rings (SSSR count). The monoisotopic (exact) mass is 206 g/mol. The van der Waals surface area contributed by atoms with Crippen molar-refractivity contribution in [1.82, 2.24) is 0 Å². The minimum atomic E-state index is -0.199. The van der Waals surface area contributed by atoms with Crippen LogP contribution >= 0.6 is 0 Å². The molecule has 2 atom stereocenters. The van der Waals surface area contributed by atoms with Crippen LogP contribution in [0.1, 0.15) is 37.0 Å². The van der Waals surface area contributed by atoms with Crippen LogP contribution in [0.15, 0.2) is 24.3 Å². The van der Waals surface area contributed by atoms with Crippen molar-refractivity contribution in [3.8, 4) is 0 Å². The van der Waals surface area contributed by atoms with Crippen LogP contribution < -0.4 is 0 Å². The molecule has 0 aromatic heterocycles. The Kier molecular flexibility index (Phi) is 3.39. The van der Waals surface area contributed by atoms with Gasteiger partial charge in [-0.3, -0.25) is 0 Å². The Morgan fingerprint density at radius 2 is 2.07 bits per heavy atom. The van der Waals surface area contributed by atoms with Crippen LogP contribution in [0.5, 0.6) is 0 Å². The standard InChI is InChI=1S/C13H18O2/c1-2-10-3-5-11(6-4-10)13-9-12(14)7-8-15-13/h3-6,12-14H,2,7-9H2,1H3. The molecule has 1 N–H and O–H groups in total. The van der Waals surface area contributed by atoms with E-state index < -0.39 is 0 Å². The first-order valence-corrected chi connectivity index (χ1v) is 5.68. The average Bonchev–Trinajstić information content (AvgIpc) is 2.29. The van der Waals surface area contributed by atoms with Gasteiger partial charge in [-0.2, -0.15) is 0 Å². The highest BCUT2D eigenvalue weighted by Crippen LogP contribution is 2.28. The Hall–Kier alpha value is -0.860. The lowest BCUT2D eigenvalue weighted by Gasteiger charge is -2.26. The normalized spacial score (nSPS) is 26.5. The number of ether oxygens (including phenoxy) is 1. The summed E-state index contributed by atoms with van der Waals surface area (Å²) in [7, 11) is 0. The van der Waals surface area contributed by atoms with E-state index in [1.807, 2.05) is 0 Å². The number of benzene rings is 1. The third-order valence-corrected chi connectivity index (χ3v) is 3.02. The van der Waals surface area contributed by atoms with Gasteiger partial charge in [-0.25, -0.2) is 0 Å². The summed E-state index contributed by atoms with van der Waals surface area (Å²) >= 11 is 0. The molecule has 0 amide bonds. The predicted octanol–water partition coefficient (Wildman–Crippen LogP) is 2.46. The maximum atomic E-state index is 9.56. The van der Waals surface area contributed by atoms with E-state index in [0.29, 0.717) is 6.61 Å². The third-order valence-electron chi connectivity index (χ3n) is 3.02. The zero-order valence-corrected chi connectivity index (χ0v) is 9.15. The van der Waals surface area contributed by atoms with E-state index in [2.05, 4.69) is 31.2 Å². The van der Waals surface area contributed by atoms with Gasteiger partial charge in [-0.1, -0.05) is 31.2 Å². The largest absolute Gasteiger partial charge is 0.393 e. The molecular weight excluding hydrogens is 188 g/mol. The Balaban J connectivity index is 2.07. The summed E-state index contributed by atoms with van der Waals surface area (Å²) < 4.78 is 5.65. The van der Waals surface area contributed by atoms with Crippen molar-refractivity contribution >= 4 is 0 Å². The first kappa shape index (κ1) is 10.7. The molecule has 1 aliphatic heterocycles. The Morgan fingerprint density at radius 3 is 2.67 bits per heavy atom. The van der Waals surface area contributed by atoms with Gasteiger partial charge in [-0.15, -0.1) is 0 Å². The summed E-state index contributed by atoms with van der Waals surface area (Å²) in [4.78, 5) is 0. The zero-order chi connectivity index (χ0) is 10.7. The molecule has 0 bridgehead atoms. The quantitative estimate of drug-likeness (QED) is 0.805. The van der Waals surface area contributed by atoms with Gasteiger partial charge in [0, 0.05) is 13.0 Å². The van der Waals surface area contributed by atoms with Gasteiger partial charge in [0.1, 0.15) is 0 Å². The second-order valence-corrected chi connectivity index (χ2v) is 4.13. The van der Waals surface area contributed by atoms with Crippen molar-refractivity contribution in [2.24, 2.45) is 0 Å². The Morgan fingerprint density at radius 1 is 1.33 bits per heavy atom. The number of aliphatic hydroxyl groups excluding tert-OH is 1. The molecule has 1 aromatic carbocycles. The van der Waals surface area contributed by atoms with Gasteiger partial charge in [0.2, 0.25) is 0 Å². The van der Waals surface area contributed by atoms with Crippen LogP contribution in [-0.2, 0) is 11.2 Å². The van der Waals surface area contributed by atoms with Crippen LogP contribution in [0.3, 0.4) is 0 Å². The molecule has 1 saturated heterocycles. The molecule has 0 saturated carbocycles. The van der Waals surface area contributed by atoms with E-state index in [1.54, 1.807) is 0 Å². The lowest BCUT2D eigenvalue weighted by Crippen LogP contribution is -2.23. The van der Waals surface area contributed by atoms with Gasteiger partial charge in [0.25, 0.3) is 0 Å². The lowest BCUT2D eigenvalue weighted by molar-refractivity contribution is -0.0447. The van der Waals surface area contributed by atoms with Gasteiger partial charge < -0.3 is 9.84 Å². The SMILES string of the molecule is CCc1ccc(C2CC(O)CCO2)cc1. The minimum absolute atomic E-state index is 0.0830. The molecule has 15 heavy (non-hydrogen) atoms. The van der Waals surface area contributed by atoms with Gasteiger partial charge in [0.15, 0.2) is 0 Å². The summed E-state index contributed by atoms with van der Waals surface area (Å²) in [6, 6.07) is 8.50. The molecule has 2 nitrogen and oxygen atoms in total. The second-order valence-electron chi connectivity index (χ2n) is 4.13. The first-order chi connectivity index (χ1) is 7.29. The number of aryl methyl sites for hydroxylation is 1. The number of rotatable bonds is 2. The van der Waals surface area contributed by atoms with Crippen molar-refractivity contribution in [3.63, 3.8) is 0 Å². The first-order valence-electron chi connectivity index (χ1n) is 5.68. The lowest BCUT2D eigenvalue weighted by atomic mass is 9.98. The average molecular weight is 206 g/mol. The second kappa shape index (κ2) is 4.77. The third kappa shape index (κ3) is 2.58. The van der Waals surface area contributed by atoms with Crippen molar-refractivity contribution in [1.29, 1.82) is 0 Å². The molecule has 0 aliphatic carbocycles. The molecule has 1 heterocycles. The highest BCUT2D eigenvalue weighted by atomic mass is 16.5. The highest BCUT2D eigenvalue weighted by Gasteiger charge is 2.21. The van der Waals surface area contributed by atoms with Crippen LogP contribution in [0.4, 0.5) is 0 Å². The molecule has 2 heteroatoms. The fourth-order valence-corrected chi connectivity index (χ4v) is 1.98. The summed E-state index contributed by atoms with van der Waals surface area (Å²) in [5, 5.41) is 9.56. The molecule has 82 valence electrons. The highest BCUT2D eigenvalue weighted by molar-refractivity contribution is 5.24. The van der Waals surface area contributed by atoms with E-state index in [9.17, 15) is 5.11 Å². The van der Waals surface area contributed by atoms with E-state index in [4.69, 9.17) is 4.74 Å². The van der Waals surface area contributed by atoms with Gasteiger partial charge in [-0.05, 0) is 24.0 Å². The van der Waals surface area contributed by atoms with Crippen LogP contribution in [0, 0.1) is 0 Å². The maximum absolute atomic E-state index is 9.56. The fourth-order valence-electron chi connectivity index (χ4n) is 1.98. The van der Waals surface area contributed by atoms with Gasteiger partial charge >= 0.3 is 0 Å². The predicted molar refractivity (Wildman–Crippen MR) is 59.8 cm³/mol. The number of aliphatic hydroxyl groups is 1. The topological polar surface area (TPSA) is 29.5 Å². The number of hydrogen-bond donors (Lipinski definition) is 1. The molecule has 0 radical (unpaired) electrons. The van der Waals surface area contributed by atoms with Crippen LogP contribution in [-0.4, -0.2) is 17.8 Å². The van der Waals surface area contributed by atoms with E-state index in [1.165, 1.54) is 11.1 Å². The van der Waals surface area contributed by atoms with Crippen molar-refractivity contribution in [3.05, 3.63) is 35.4 Å². The summed E-state index contributed by atoms with van der Waals surface area (Å²) in [6.07, 6.45) is 2.44. The van der Waals surface area contributed by atoms with Crippen molar-refractivity contribution < 1.29 is 9.84 Å². The Bertz CT molecular complexity index is 305. The molecular formula is C13H18O2. The summed E-state index contributed by atoms with van der Waals surface area (Å²) in [5.74, 6) is 0. The molecule has 1 fully saturated rings.